The van der Waals surface area contributed by atoms with E-state index in [2.05, 4.69) is 10.4 Å². The van der Waals surface area contributed by atoms with Crippen LogP contribution in [0, 0.1) is 6.92 Å². The first kappa shape index (κ1) is 15.1. The summed E-state index contributed by atoms with van der Waals surface area (Å²) in [5, 5.41) is 8.24. The first-order valence-electron chi connectivity index (χ1n) is 7.37. The van der Waals surface area contributed by atoms with Gasteiger partial charge < -0.3 is 10.2 Å². The second-order valence-corrected chi connectivity index (χ2v) is 5.98. The van der Waals surface area contributed by atoms with Crippen LogP contribution in [0.5, 0.6) is 0 Å². The van der Waals surface area contributed by atoms with E-state index >= 15 is 0 Å². The van der Waals surface area contributed by atoms with Gasteiger partial charge in [0.15, 0.2) is 0 Å². The summed E-state index contributed by atoms with van der Waals surface area (Å²) >= 11 is 6.22. The molecular formula is C16H19ClN4O. The van der Waals surface area contributed by atoms with E-state index in [1.54, 1.807) is 15.8 Å². The minimum atomic E-state index is 0.00417. The van der Waals surface area contributed by atoms with Gasteiger partial charge in [-0.1, -0.05) is 23.7 Å². The van der Waals surface area contributed by atoms with E-state index in [-0.39, 0.29) is 11.9 Å². The van der Waals surface area contributed by atoms with Crippen LogP contribution in [0.15, 0.2) is 30.5 Å². The summed E-state index contributed by atoms with van der Waals surface area (Å²) in [5.74, 6) is 0.00417. The molecule has 0 bridgehead atoms. The summed E-state index contributed by atoms with van der Waals surface area (Å²) < 4.78 is 1.72. The van der Waals surface area contributed by atoms with Crippen molar-refractivity contribution in [2.24, 2.45) is 0 Å². The van der Waals surface area contributed by atoms with Gasteiger partial charge in [0.1, 0.15) is 0 Å². The fourth-order valence-electron chi connectivity index (χ4n) is 2.81. The van der Waals surface area contributed by atoms with E-state index in [1.165, 1.54) is 0 Å². The Morgan fingerprint density at radius 3 is 2.91 bits per heavy atom. The number of likely N-dealkylation sites (N-methyl/N-ethyl adjacent to an activating group) is 1. The van der Waals surface area contributed by atoms with Gasteiger partial charge in [-0.3, -0.25) is 4.79 Å². The molecule has 1 aliphatic heterocycles. The van der Waals surface area contributed by atoms with Crippen LogP contribution >= 0.6 is 11.6 Å². The third-order valence-electron chi connectivity index (χ3n) is 4.22. The van der Waals surface area contributed by atoms with Gasteiger partial charge in [-0.05, 0) is 32.0 Å². The monoisotopic (exact) mass is 318 g/mol. The lowest BCUT2D eigenvalue weighted by molar-refractivity contribution is 0.0743. The van der Waals surface area contributed by atoms with Crippen molar-refractivity contribution in [2.75, 3.05) is 20.1 Å². The summed E-state index contributed by atoms with van der Waals surface area (Å²) in [5.41, 5.74) is 2.20. The highest BCUT2D eigenvalue weighted by atomic mass is 35.5. The molecule has 5 nitrogen and oxygen atoms in total. The number of rotatable bonds is 3. The van der Waals surface area contributed by atoms with Crippen LogP contribution in [0.4, 0.5) is 0 Å². The second kappa shape index (κ2) is 6.10. The summed E-state index contributed by atoms with van der Waals surface area (Å²) in [6.45, 7) is 3.70. The fourth-order valence-corrected chi connectivity index (χ4v) is 3.03. The quantitative estimate of drug-likeness (QED) is 0.944. The number of nitrogens with zero attached hydrogens (tertiary/aromatic N) is 3. The van der Waals surface area contributed by atoms with Crippen molar-refractivity contribution in [1.29, 1.82) is 0 Å². The molecule has 1 aliphatic rings. The molecule has 0 spiro atoms. The van der Waals surface area contributed by atoms with Crippen molar-refractivity contribution in [3.8, 4) is 5.69 Å². The van der Waals surface area contributed by atoms with Crippen LogP contribution in [0.3, 0.4) is 0 Å². The average molecular weight is 319 g/mol. The van der Waals surface area contributed by atoms with Gasteiger partial charge in [0, 0.05) is 19.6 Å². The fraction of sp³-hybridized carbons (Fsp3) is 0.375. The Balaban J connectivity index is 1.90. The Morgan fingerprint density at radius 2 is 2.23 bits per heavy atom. The molecule has 1 aromatic carbocycles. The molecule has 0 radical (unpaired) electrons. The zero-order valence-electron chi connectivity index (χ0n) is 12.7. The average Bonchev–Trinajstić information content (AvgIpc) is 3.16. The number of nitrogens with one attached hydrogen (secondary N) is 1. The molecule has 2 aromatic rings. The maximum atomic E-state index is 12.7. The summed E-state index contributed by atoms with van der Waals surface area (Å²) in [6.07, 6.45) is 2.61. The molecule has 1 aromatic heterocycles. The molecule has 1 saturated heterocycles. The molecule has 2 heterocycles. The van der Waals surface area contributed by atoms with Crippen molar-refractivity contribution in [3.05, 3.63) is 46.7 Å². The van der Waals surface area contributed by atoms with E-state index < -0.39 is 0 Å². The van der Waals surface area contributed by atoms with Crippen LogP contribution in [0.2, 0.25) is 5.02 Å². The molecule has 1 N–H and O–H groups in total. The lowest BCUT2D eigenvalue weighted by Gasteiger charge is -2.23. The number of halogens is 1. The molecule has 0 unspecified atom stereocenters. The third-order valence-corrected chi connectivity index (χ3v) is 4.54. The zero-order chi connectivity index (χ0) is 15.7. The number of aromatic nitrogens is 2. The topological polar surface area (TPSA) is 50.2 Å². The van der Waals surface area contributed by atoms with E-state index in [0.29, 0.717) is 10.6 Å². The molecule has 3 rings (SSSR count). The van der Waals surface area contributed by atoms with Gasteiger partial charge in [-0.15, -0.1) is 0 Å². The van der Waals surface area contributed by atoms with Gasteiger partial charge in [0.05, 0.1) is 28.2 Å². The lowest BCUT2D eigenvalue weighted by atomic mass is 10.1. The molecule has 0 saturated carbocycles. The minimum Gasteiger partial charge on any atom is -0.337 e. The standard InChI is InChI=1S/C16H19ClN4O/c1-11-13(16(22)20(2)12-7-8-18-9-12)10-19-21(11)15-6-4-3-5-14(15)17/h3-6,10,12,18H,7-9H2,1-2H3/t12-/m1/s1. The normalized spacial score (nSPS) is 17.7. The van der Waals surface area contributed by atoms with Crippen LogP contribution in [0.1, 0.15) is 22.5 Å². The summed E-state index contributed by atoms with van der Waals surface area (Å²) in [4.78, 5) is 14.5. The predicted octanol–water partition coefficient (Wildman–Crippen LogP) is 2.27. The minimum absolute atomic E-state index is 0.00417. The maximum absolute atomic E-state index is 12.7. The highest BCUT2D eigenvalue weighted by Crippen LogP contribution is 2.23. The Morgan fingerprint density at radius 1 is 1.45 bits per heavy atom. The van der Waals surface area contributed by atoms with Gasteiger partial charge in [-0.2, -0.15) is 5.10 Å². The lowest BCUT2D eigenvalue weighted by Crippen LogP contribution is -2.38. The zero-order valence-corrected chi connectivity index (χ0v) is 13.5. The highest BCUT2D eigenvalue weighted by molar-refractivity contribution is 6.32. The number of benzene rings is 1. The van der Waals surface area contributed by atoms with Crippen molar-refractivity contribution >= 4 is 17.5 Å². The largest absolute Gasteiger partial charge is 0.337 e. The molecule has 1 atom stereocenters. The van der Waals surface area contributed by atoms with Gasteiger partial charge in [-0.25, -0.2) is 4.68 Å². The molecule has 1 amide bonds. The van der Waals surface area contributed by atoms with Gasteiger partial charge in [0.25, 0.3) is 5.91 Å². The number of hydrogen-bond donors (Lipinski definition) is 1. The van der Waals surface area contributed by atoms with E-state index in [0.717, 1.165) is 30.9 Å². The SMILES string of the molecule is Cc1c(C(=O)N(C)[C@@H]2CCNC2)cnn1-c1ccccc1Cl. The van der Waals surface area contributed by atoms with Gasteiger partial charge in [0.2, 0.25) is 0 Å². The number of hydrogen-bond acceptors (Lipinski definition) is 3. The Hall–Kier alpha value is -1.85. The molecule has 22 heavy (non-hydrogen) atoms. The van der Waals surface area contributed by atoms with Crippen molar-refractivity contribution in [1.82, 2.24) is 20.0 Å². The second-order valence-electron chi connectivity index (χ2n) is 5.57. The van der Waals surface area contributed by atoms with Crippen molar-refractivity contribution in [3.63, 3.8) is 0 Å². The van der Waals surface area contributed by atoms with Crippen LogP contribution < -0.4 is 5.32 Å². The summed E-state index contributed by atoms with van der Waals surface area (Å²) in [6, 6.07) is 7.73. The molecule has 116 valence electrons. The summed E-state index contributed by atoms with van der Waals surface area (Å²) in [7, 11) is 1.85. The third kappa shape index (κ3) is 2.62. The molecule has 0 aliphatic carbocycles. The van der Waals surface area contributed by atoms with E-state index in [9.17, 15) is 4.79 Å². The highest BCUT2D eigenvalue weighted by Gasteiger charge is 2.26. The van der Waals surface area contributed by atoms with E-state index in [1.807, 2.05) is 38.2 Å². The number of carbonyl (C=O) groups excluding carboxylic acids is 1. The Kier molecular flexibility index (Phi) is 4.18. The smallest absolute Gasteiger partial charge is 0.257 e. The van der Waals surface area contributed by atoms with Crippen LogP contribution in [-0.2, 0) is 0 Å². The Bertz CT molecular complexity index is 691. The molecular weight excluding hydrogens is 300 g/mol. The maximum Gasteiger partial charge on any atom is 0.257 e. The first-order chi connectivity index (χ1) is 10.6. The predicted molar refractivity (Wildman–Crippen MR) is 86.7 cm³/mol. The molecule has 6 heteroatoms. The number of amides is 1. The molecule has 1 fully saturated rings. The van der Waals surface area contributed by atoms with Crippen LogP contribution in [0.25, 0.3) is 5.69 Å². The van der Waals surface area contributed by atoms with Crippen molar-refractivity contribution < 1.29 is 4.79 Å². The first-order valence-corrected chi connectivity index (χ1v) is 7.75. The van der Waals surface area contributed by atoms with E-state index in [4.69, 9.17) is 11.6 Å². The van der Waals surface area contributed by atoms with Gasteiger partial charge >= 0.3 is 0 Å². The number of carbonyl (C=O) groups is 1. The van der Waals surface area contributed by atoms with Crippen LogP contribution in [-0.4, -0.2) is 46.8 Å². The Labute approximate surface area is 134 Å². The van der Waals surface area contributed by atoms with Crippen molar-refractivity contribution in [2.45, 2.75) is 19.4 Å². The number of para-hydroxylation sites is 1.